The topological polar surface area (TPSA) is 0 Å². The molecule has 1 atom stereocenters. The molecule has 1 aromatic rings. The Morgan fingerprint density at radius 3 is 2.62 bits per heavy atom. The van der Waals surface area contributed by atoms with Crippen LogP contribution in [0.15, 0.2) is 54.1 Å². The molecule has 0 nitrogen and oxygen atoms in total. The Bertz CT molecular complexity index is 388. The van der Waals surface area contributed by atoms with E-state index >= 15 is 0 Å². The standard InChI is InChI=1S/C13H10/c1-2-11-9-6-10-13(11)12-7-4-3-5-8-12/h1,3-10,13H. The lowest BCUT2D eigenvalue weighted by molar-refractivity contribution is 1.06. The van der Waals surface area contributed by atoms with Gasteiger partial charge in [-0.2, -0.15) is 0 Å². The van der Waals surface area contributed by atoms with E-state index in [-0.39, 0.29) is 0 Å². The third-order valence-electron chi connectivity index (χ3n) is 2.24. The Morgan fingerprint density at radius 2 is 1.92 bits per heavy atom. The molecule has 2 rings (SSSR count). The molecular formula is C13H10. The maximum Gasteiger partial charge on any atom is 0.0352 e. The first-order chi connectivity index (χ1) is 6.42. The lowest BCUT2D eigenvalue weighted by Gasteiger charge is -2.08. The molecule has 62 valence electrons. The summed E-state index contributed by atoms with van der Waals surface area (Å²) in [5.41, 5.74) is 2.31. The van der Waals surface area contributed by atoms with E-state index in [1.54, 1.807) is 0 Å². The minimum atomic E-state index is 0.297. The summed E-state index contributed by atoms with van der Waals surface area (Å²) in [5.74, 6) is 3.01. The first-order valence-electron chi connectivity index (χ1n) is 4.32. The summed E-state index contributed by atoms with van der Waals surface area (Å²) < 4.78 is 0. The molecule has 0 fully saturated rings. The van der Waals surface area contributed by atoms with Crippen LogP contribution in [-0.4, -0.2) is 0 Å². The highest BCUT2D eigenvalue weighted by Crippen LogP contribution is 2.28. The molecule has 1 aliphatic rings. The highest BCUT2D eigenvalue weighted by atomic mass is 14.2. The zero-order valence-electron chi connectivity index (χ0n) is 7.27. The van der Waals surface area contributed by atoms with Crippen LogP contribution in [0.2, 0.25) is 0 Å². The molecule has 0 amide bonds. The van der Waals surface area contributed by atoms with Gasteiger partial charge < -0.3 is 0 Å². The van der Waals surface area contributed by atoms with Gasteiger partial charge in [-0.05, 0) is 11.6 Å². The lowest BCUT2D eigenvalue weighted by Crippen LogP contribution is -1.93. The Morgan fingerprint density at radius 1 is 1.15 bits per heavy atom. The normalized spacial score (nSPS) is 19.6. The molecule has 0 bridgehead atoms. The van der Waals surface area contributed by atoms with Gasteiger partial charge >= 0.3 is 0 Å². The summed E-state index contributed by atoms with van der Waals surface area (Å²) >= 11 is 0. The van der Waals surface area contributed by atoms with Crippen molar-refractivity contribution in [2.45, 2.75) is 5.92 Å². The van der Waals surface area contributed by atoms with Gasteiger partial charge in [0.15, 0.2) is 0 Å². The van der Waals surface area contributed by atoms with Crippen LogP contribution >= 0.6 is 0 Å². The number of allylic oxidation sites excluding steroid dienone is 4. The minimum absolute atomic E-state index is 0.297. The van der Waals surface area contributed by atoms with Crippen molar-refractivity contribution in [3.05, 3.63) is 59.7 Å². The average molecular weight is 166 g/mol. The van der Waals surface area contributed by atoms with Crippen molar-refractivity contribution in [3.8, 4) is 12.3 Å². The fourth-order valence-electron chi connectivity index (χ4n) is 1.57. The van der Waals surface area contributed by atoms with E-state index in [0.29, 0.717) is 5.92 Å². The van der Waals surface area contributed by atoms with Crippen LogP contribution in [0, 0.1) is 12.3 Å². The van der Waals surface area contributed by atoms with Gasteiger partial charge in [0.2, 0.25) is 0 Å². The van der Waals surface area contributed by atoms with Crippen LogP contribution in [-0.2, 0) is 0 Å². The van der Waals surface area contributed by atoms with Crippen LogP contribution in [0.4, 0.5) is 0 Å². The van der Waals surface area contributed by atoms with Crippen molar-refractivity contribution < 1.29 is 0 Å². The highest BCUT2D eigenvalue weighted by Gasteiger charge is 2.13. The molecule has 0 heteroatoms. The molecule has 0 radical (unpaired) electrons. The van der Waals surface area contributed by atoms with Gasteiger partial charge in [0.05, 0.1) is 0 Å². The second-order valence-electron chi connectivity index (χ2n) is 3.04. The average Bonchev–Trinajstić information content (AvgIpc) is 2.67. The molecule has 0 N–H and O–H groups in total. The van der Waals surface area contributed by atoms with Gasteiger partial charge in [-0.15, -0.1) is 6.42 Å². The zero-order chi connectivity index (χ0) is 9.10. The third-order valence-corrected chi connectivity index (χ3v) is 2.24. The zero-order valence-corrected chi connectivity index (χ0v) is 7.27. The summed E-state index contributed by atoms with van der Waals surface area (Å²) in [6.45, 7) is 0. The smallest absolute Gasteiger partial charge is 0.0352 e. The maximum absolute atomic E-state index is 5.40. The Kier molecular flexibility index (Phi) is 2.02. The van der Waals surface area contributed by atoms with Crippen LogP contribution in [0.25, 0.3) is 0 Å². The molecular weight excluding hydrogens is 156 g/mol. The Hall–Kier alpha value is -1.74. The van der Waals surface area contributed by atoms with Gasteiger partial charge in [0.25, 0.3) is 0 Å². The molecule has 0 saturated heterocycles. The molecule has 0 saturated carbocycles. The predicted molar refractivity (Wildman–Crippen MR) is 55.2 cm³/mol. The minimum Gasteiger partial charge on any atom is -0.115 e. The van der Waals surface area contributed by atoms with E-state index in [4.69, 9.17) is 6.42 Å². The molecule has 0 spiro atoms. The van der Waals surface area contributed by atoms with Gasteiger partial charge in [-0.3, -0.25) is 0 Å². The predicted octanol–water partition coefficient (Wildman–Crippen LogP) is 2.90. The van der Waals surface area contributed by atoms with Crippen LogP contribution in [0.5, 0.6) is 0 Å². The number of hydrogen-bond acceptors (Lipinski definition) is 0. The van der Waals surface area contributed by atoms with Crippen molar-refractivity contribution >= 4 is 0 Å². The summed E-state index contributed by atoms with van der Waals surface area (Å²) in [6.07, 6.45) is 11.6. The highest BCUT2D eigenvalue weighted by molar-refractivity contribution is 5.48. The Labute approximate surface area is 78.6 Å². The fourth-order valence-corrected chi connectivity index (χ4v) is 1.57. The van der Waals surface area contributed by atoms with Gasteiger partial charge in [-0.25, -0.2) is 0 Å². The SMILES string of the molecule is C#CC1=CC=CC1c1ccccc1. The van der Waals surface area contributed by atoms with Crippen LogP contribution in [0.3, 0.4) is 0 Å². The van der Waals surface area contributed by atoms with Gasteiger partial charge in [-0.1, -0.05) is 48.4 Å². The van der Waals surface area contributed by atoms with Crippen molar-refractivity contribution in [3.63, 3.8) is 0 Å². The molecule has 0 heterocycles. The van der Waals surface area contributed by atoms with Crippen molar-refractivity contribution in [1.82, 2.24) is 0 Å². The quantitative estimate of drug-likeness (QED) is 0.563. The van der Waals surface area contributed by atoms with Crippen molar-refractivity contribution in [2.75, 3.05) is 0 Å². The van der Waals surface area contributed by atoms with Crippen LogP contribution < -0.4 is 0 Å². The van der Waals surface area contributed by atoms with E-state index in [1.807, 2.05) is 30.4 Å². The monoisotopic (exact) mass is 166 g/mol. The first kappa shape index (κ1) is 7.89. The first-order valence-corrected chi connectivity index (χ1v) is 4.32. The van der Waals surface area contributed by atoms with Gasteiger partial charge in [0.1, 0.15) is 0 Å². The second-order valence-corrected chi connectivity index (χ2v) is 3.04. The number of rotatable bonds is 1. The van der Waals surface area contributed by atoms with E-state index in [9.17, 15) is 0 Å². The maximum atomic E-state index is 5.40. The molecule has 0 aliphatic heterocycles. The lowest BCUT2D eigenvalue weighted by atomic mass is 9.94. The number of hydrogen-bond donors (Lipinski definition) is 0. The van der Waals surface area contributed by atoms with E-state index in [0.717, 1.165) is 5.57 Å². The molecule has 1 aromatic carbocycles. The van der Waals surface area contributed by atoms with E-state index in [2.05, 4.69) is 24.1 Å². The largest absolute Gasteiger partial charge is 0.115 e. The number of terminal acetylenes is 1. The summed E-state index contributed by atoms with van der Waals surface area (Å²) in [4.78, 5) is 0. The van der Waals surface area contributed by atoms with E-state index < -0.39 is 0 Å². The summed E-state index contributed by atoms with van der Waals surface area (Å²) in [6, 6.07) is 10.3. The van der Waals surface area contributed by atoms with Crippen molar-refractivity contribution in [2.24, 2.45) is 0 Å². The van der Waals surface area contributed by atoms with Gasteiger partial charge in [0, 0.05) is 11.5 Å². The third kappa shape index (κ3) is 1.41. The summed E-state index contributed by atoms with van der Waals surface area (Å²) in [7, 11) is 0. The number of benzene rings is 1. The summed E-state index contributed by atoms with van der Waals surface area (Å²) in [5, 5.41) is 0. The second kappa shape index (κ2) is 3.33. The van der Waals surface area contributed by atoms with Crippen LogP contribution in [0.1, 0.15) is 11.5 Å². The van der Waals surface area contributed by atoms with E-state index in [1.165, 1.54) is 5.56 Å². The van der Waals surface area contributed by atoms with Crippen molar-refractivity contribution in [1.29, 1.82) is 0 Å². The Balaban J connectivity index is 2.35. The molecule has 0 aromatic heterocycles. The molecule has 1 unspecified atom stereocenters. The molecule has 1 aliphatic carbocycles. The molecule has 13 heavy (non-hydrogen) atoms. The fraction of sp³-hybridized carbons (Fsp3) is 0.0769.